The minimum Gasteiger partial charge on any atom is -0.494 e. The second kappa shape index (κ2) is 7.24. The van der Waals surface area contributed by atoms with Crippen molar-refractivity contribution in [2.24, 2.45) is 5.92 Å². The highest BCUT2D eigenvalue weighted by molar-refractivity contribution is 5.79. The van der Waals surface area contributed by atoms with Gasteiger partial charge in [0.05, 0.1) is 20.1 Å². The van der Waals surface area contributed by atoms with Crippen LogP contribution in [0.3, 0.4) is 0 Å². The van der Waals surface area contributed by atoms with Crippen LogP contribution in [0.15, 0.2) is 18.2 Å². The van der Waals surface area contributed by atoms with Gasteiger partial charge in [0.25, 0.3) is 0 Å². The van der Waals surface area contributed by atoms with Gasteiger partial charge in [-0.25, -0.2) is 4.39 Å². The van der Waals surface area contributed by atoms with Crippen molar-refractivity contribution in [2.45, 2.75) is 19.3 Å². The van der Waals surface area contributed by atoms with Crippen LogP contribution in [0.1, 0.15) is 18.4 Å². The van der Waals surface area contributed by atoms with Gasteiger partial charge in [-0.05, 0) is 30.5 Å². The first-order valence-corrected chi connectivity index (χ1v) is 7.23. The van der Waals surface area contributed by atoms with Crippen LogP contribution >= 0.6 is 0 Å². The highest BCUT2D eigenvalue weighted by Crippen LogP contribution is 2.21. The number of carbonyl (C=O) groups excluding carboxylic acids is 2. The first-order valence-electron chi connectivity index (χ1n) is 7.23. The van der Waals surface area contributed by atoms with E-state index in [-0.39, 0.29) is 23.5 Å². The Morgan fingerprint density at radius 2 is 2.14 bits per heavy atom. The molecule has 1 aromatic carbocycles. The number of ether oxygens (including phenoxy) is 2. The van der Waals surface area contributed by atoms with Crippen molar-refractivity contribution in [1.29, 1.82) is 0 Å². The molecule has 1 aliphatic rings. The maximum Gasteiger partial charge on any atom is 0.310 e. The lowest BCUT2D eigenvalue weighted by Gasteiger charge is -2.16. The topological polar surface area (TPSA) is 55.8 Å². The summed E-state index contributed by atoms with van der Waals surface area (Å²) in [5.74, 6) is -0.733. The minimum atomic E-state index is -0.418. The van der Waals surface area contributed by atoms with E-state index in [0.717, 1.165) is 5.56 Å². The van der Waals surface area contributed by atoms with E-state index in [1.165, 1.54) is 20.3 Å². The zero-order valence-electron chi connectivity index (χ0n) is 12.8. The Morgan fingerprint density at radius 1 is 1.36 bits per heavy atom. The Hall–Kier alpha value is -2.11. The Bertz CT molecular complexity index is 561. The highest BCUT2D eigenvalue weighted by atomic mass is 19.1. The Labute approximate surface area is 129 Å². The van der Waals surface area contributed by atoms with E-state index in [2.05, 4.69) is 0 Å². The molecule has 0 saturated carbocycles. The average molecular weight is 309 g/mol. The lowest BCUT2D eigenvalue weighted by Crippen LogP contribution is -2.30. The van der Waals surface area contributed by atoms with Crippen molar-refractivity contribution < 1.29 is 23.5 Å². The fourth-order valence-corrected chi connectivity index (χ4v) is 2.61. The third-order valence-corrected chi connectivity index (χ3v) is 3.92. The summed E-state index contributed by atoms with van der Waals surface area (Å²) in [6.07, 6.45) is 1.47. The van der Waals surface area contributed by atoms with Gasteiger partial charge >= 0.3 is 5.97 Å². The molecule has 6 heteroatoms. The van der Waals surface area contributed by atoms with Crippen LogP contribution < -0.4 is 4.74 Å². The third kappa shape index (κ3) is 3.75. The normalized spacial score (nSPS) is 17.4. The first kappa shape index (κ1) is 16.3. The summed E-state index contributed by atoms with van der Waals surface area (Å²) in [5, 5.41) is 0. The number of halogens is 1. The fourth-order valence-electron chi connectivity index (χ4n) is 2.61. The zero-order valence-corrected chi connectivity index (χ0v) is 12.8. The van der Waals surface area contributed by atoms with Crippen LogP contribution in [0.5, 0.6) is 5.75 Å². The van der Waals surface area contributed by atoms with E-state index >= 15 is 0 Å². The van der Waals surface area contributed by atoms with Crippen LogP contribution in [0.25, 0.3) is 0 Å². The number of amides is 1. The average Bonchev–Trinajstić information content (AvgIpc) is 3.03. The molecule has 1 saturated heterocycles. The van der Waals surface area contributed by atoms with E-state index in [1.807, 2.05) is 0 Å². The van der Waals surface area contributed by atoms with Gasteiger partial charge in [0.2, 0.25) is 5.91 Å². The number of carbonyl (C=O) groups is 2. The van der Waals surface area contributed by atoms with Gasteiger partial charge in [-0.1, -0.05) is 6.07 Å². The summed E-state index contributed by atoms with van der Waals surface area (Å²) in [7, 11) is 2.76. The highest BCUT2D eigenvalue weighted by Gasteiger charge is 2.31. The zero-order chi connectivity index (χ0) is 16.1. The van der Waals surface area contributed by atoms with Gasteiger partial charge in [0.1, 0.15) is 0 Å². The summed E-state index contributed by atoms with van der Waals surface area (Å²) in [4.78, 5) is 25.3. The molecule has 120 valence electrons. The Kier molecular flexibility index (Phi) is 5.35. The second-order valence-electron chi connectivity index (χ2n) is 5.32. The molecule has 2 rings (SSSR count). The second-order valence-corrected chi connectivity index (χ2v) is 5.32. The van der Waals surface area contributed by atoms with Crippen LogP contribution in [-0.4, -0.2) is 44.1 Å². The maximum absolute atomic E-state index is 13.3. The SMILES string of the molecule is COC(=O)[C@@H]1CCN(C(=O)CCc2ccc(F)c(OC)c2)C1. The van der Waals surface area contributed by atoms with E-state index < -0.39 is 5.82 Å². The van der Waals surface area contributed by atoms with Gasteiger partial charge in [-0.2, -0.15) is 0 Å². The van der Waals surface area contributed by atoms with Gasteiger partial charge in [0.15, 0.2) is 11.6 Å². The van der Waals surface area contributed by atoms with Crippen molar-refractivity contribution in [3.05, 3.63) is 29.6 Å². The summed E-state index contributed by atoms with van der Waals surface area (Å²) in [6, 6.07) is 4.58. The van der Waals surface area contributed by atoms with E-state index in [0.29, 0.717) is 32.4 Å². The van der Waals surface area contributed by atoms with Gasteiger partial charge in [-0.3, -0.25) is 9.59 Å². The van der Waals surface area contributed by atoms with E-state index in [1.54, 1.807) is 17.0 Å². The summed E-state index contributed by atoms with van der Waals surface area (Å²) >= 11 is 0. The molecule has 1 aromatic rings. The molecular formula is C16H20FNO4. The molecule has 0 N–H and O–H groups in total. The predicted octanol–water partition coefficient (Wildman–Crippen LogP) is 1.79. The molecule has 22 heavy (non-hydrogen) atoms. The minimum absolute atomic E-state index is 0.00491. The molecule has 1 atom stereocenters. The number of hydrogen-bond acceptors (Lipinski definition) is 4. The summed E-state index contributed by atoms with van der Waals surface area (Å²) in [5.41, 5.74) is 0.843. The molecular weight excluding hydrogens is 289 g/mol. The Morgan fingerprint density at radius 3 is 2.82 bits per heavy atom. The molecule has 0 unspecified atom stereocenters. The largest absolute Gasteiger partial charge is 0.494 e. The third-order valence-electron chi connectivity index (χ3n) is 3.92. The number of likely N-dealkylation sites (tertiary alicyclic amines) is 1. The number of methoxy groups -OCH3 is 2. The van der Waals surface area contributed by atoms with Gasteiger partial charge < -0.3 is 14.4 Å². The van der Waals surface area contributed by atoms with Crippen molar-refractivity contribution in [2.75, 3.05) is 27.3 Å². The molecule has 0 bridgehead atoms. The molecule has 0 aliphatic carbocycles. The predicted molar refractivity (Wildman–Crippen MR) is 78.0 cm³/mol. The number of esters is 1. The van der Waals surface area contributed by atoms with Crippen molar-refractivity contribution in [1.82, 2.24) is 4.90 Å². The summed E-state index contributed by atoms with van der Waals surface area (Å²) in [6.45, 7) is 0.990. The molecule has 0 aromatic heterocycles. The van der Waals surface area contributed by atoms with Gasteiger partial charge in [0, 0.05) is 19.5 Å². The first-order chi connectivity index (χ1) is 10.5. The number of benzene rings is 1. The standard InChI is InChI=1S/C16H20FNO4/c1-21-14-9-11(3-5-13(14)17)4-6-15(19)18-8-7-12(10-18)16(20)22-2/h3,5,9,12H,4,6-8,10H2,1-2H3/t12-/m1/s1. The molecule has 1 heterocycles. The maximum atomic E-state index is 13.3. The van der Waals surface area contributed by atoms with Crippen molar-refractivity contribution >= 4 is 11.9 Å². The lowest BCUT2D eigenvalue weighted by atomic mass is 10.1. The number of hydrogen-bond donors (Lipinski definition) is 0. The Balaban J connectivity index is 1.87. The lowest BCUT2D eigenvalue weighted by molar-refractivity contribution is -0.145. The molecule has 0 radical (unpaired) electrons. The summed E-state index contributed by atoms with van der Waals surface area (Å²) < 4.78 is 22.9. The molecule has 1 amide bonds. The molecule has 5 nitrogen and oxygen atoms in total. The molecule has 0 spiro atoms. The van der Waals surface area contributed by atoms with Gasteiger partial charge in [-0.15, -0.1) is 0 Å². The number of nitrogens with zero attached hydrogens (tertiary/aromatic N) is 1. The van der Waals surface area contributed by atoms with Crippen molar-refractivity contribution in [3.63, 3.8) is 0 Å². The number of aryl methyl sites for hydroxylation is 1. The fraction of sp³-hybridized carbons (Fsp3) is 0.500. The van der Waals surface area contributed by atoms with Crippen LogP contribution in [-0.2, 0) is 20.7 Å². The molecule has 1 aliphatic heterocycles. The smallest absolute Gasteiger partial charge is 0.310 e. The number of rotatable bonds is 5. The van der Waals surface area contributed by atoms with Crippen LogP contribution in [0.4, 0.5) is 4.39 Å². The van der Waals surface area contributed by atoms with Crippen LogP contribution in [0.2, 0.25) is 0 Å². The van der Waals surface area contributed by atoms with Crippen LogP contribution in [0, 0.1) is 11.7 Å². The monoisotopic (exact) mass is 309 g/mol. The molecule has 1 fully saturated rings. The van der Waals surface area contributed by atoms with Crippen molar-refractivity contribution in [3.8, 4) is 5.75 Å². The van der Waals surface area contributed by atoms with E-state index in [9.17, 15) is 14.0 Å². The van der Waals surface area contributed by atoms with E-state index in [4.69, 9.17) is 9.47 Å². The quantitative estimate of drug-likeness (QED) is 0.778.